The van der Waals surface area contributed by atoms with Crippen molar-refractivity contribution >= 4 is 17.9 Å². The summed E-state index contributed by atoms with van der Waals surface area (Å²) >= 11 is 0. The van der Waals surface area contributed by atoms with Gasteiger partial charge in [0.05, 0.1) is 0 Å². The monoisotopic (exact) mass is 811 g/mol. The summed E-state index contributed by atoms with van der Waals surface area (Å²) in [6.45, 7) is 6.44. The molecule has 0 fully saturated rings. The molecule has 0 saturated carbocycles. The van der Waals surface area contributed by atoms with Crippen LogP contribution >= 0.6 is 0 Å². The lowest BCUT2D eigenvalue weighted by molar-refractivity contribution is -0.167. The van der Waals surface area contributed by atoms with Gasteiger partial charge in [0.15, 0.2) is 6.10 Å². The Kier molecular flexibility index (Phi) is 44.5. The van der Waals surface area contributed by atoms with E-state index in [9.17, 15) is 14.4 Å². The largest absolute Gasteiger partial charge is 0.462 e. The molecule has 0 spiro atoms. The first-order chi connectivity index (χ1) is 28.5. The van der Waals surface area contributed by atoms with Crippen molar-refractivity contribution in [3.8, 4) is 0 Å². The van der Waals surface area contributed by atoms with E-state index >= 15 is 0 Å². The maximum atomic E-state index is 12.7. The van der Waals surface area contributed by atoms with Crippen LogP contribution in [0.4, 0.5) is 0 Å². The molecule has 0 aliphatic carbocycles. The van der Waals surface area contributed by atoms with Gasteiger partial charge < -0.3 is 14.2 Å². The van der Waals surface area contributed by atoms with Crippen molar-refractivity contribution in [2.75, 3.05) is 13.2 Å². The van der Waals surface area contributed by atoms with Crippen LogP contribution in [-0.4, -0.2) is 37.2 Å². The highest BCUT2D eigenvalue weighted by Gasteiger charge is 2.19. The molecular formula is C52H90O6. The molecule has 0 aromatic rings. The molecule has 334 valence electrons. The number of unbranched alkanes of at least 4 members (excludes halogenated alkanes) is 25. The van der Waals surface area contributed by atoms with Crippen LogP contribution < -0.4 is 0 Å². The smallest absolute Gasteiger partial charge is 0.306 e. The van der Waals surface area contributed by atoms with E-state index in [1.165, 1.54) is 109 Å². The standard InChI is InChI=1S/C52H90O6/c1-4-7-10-13-16-19-22-25-28-30-33-36-39-42-45-51(54)57-48-49(58-52(55)46-43-40-37-34-31-27-24-21-18-15-12-9-6-3)47-56-50(53)44-41-38-35-32-29-26-23-20-17-14-11-8-5-2/h9,12,15,18,21,24,27-28,30-31,49H,4-8,10-11,13-14,16-17,19-20,22-23,25-26,29,32-48H2,1-3H3/b12-9-,18-15-,24-21-,30-28-,31-27-. The van der Waals surface area contributed by atoms with E-state index in [1.807, 2.05) is 36.5 Å². The van der Waals surface area contributed by atoms with Crippen LogP contribution in [0.1, 0.15) is 233 Å². The van der Waals surface area contributed by atoms with Crippen molar-refractivity contribution in [1.82, 2.24) is 0 Å². The Hall–Kier alpha value is -2.89. The molecule has 58 heavy (non-hydrogen) atoms. The van der Waals surface area contributed by atoms with Crippen LogP contribution in [0.15, 0.2) is 60.8 Å². The summed E-state index contributed by atoms with van der Waals surface area (Å²) in [7, 11) is 0. The molecule has 0 N–H and O–H groups in total. The van der Waals surface area contributed by atoms with E-state index < -0.39 is 6.10 Å². The predicted molar refractivity (Wildman–Crippen MR) is 247 cm³/mol. The fourth-order valence-electron chi connectivity index (χ4n) is 6.68. The van der Waals surface area contributed by atoms with Gasteiger partial charge in [-0.25, -0.2) is 0 Å². The van der Waals surface area contributed by atoms with E-state index in [-0.39, 0.29) is 37.5 Å². The molecule has 1 atom stereocenters. The Labute approximate surface area is 358 Å². The first-order valence-corrected chi connectivity index (χ1v) is 24.3. The highest BCUT2D eigenvalue weighted by Crippen LogP contribution is 2.14. The molecule has 0 aromatic heterocycles. The first-order valence-electron chi connectivity index (χ1n) is 24.3. The van der Waals surface area contributed by atoms with Crippen LogP contribution in [0.2, 0.25) is 0 Å². The summed E-state index contributed by atoms with van der Waals surface area (Å²) in [4.78, 5) is 37.8. The van der Waals surface area contributed by atoms with Gasteiger partial charge in [-0.05, 0) is 64.2 Å². The average molecular weight is 811 g/mol. The van der Waals surface area contributed by atoms with Gasteiger partial charge in [-0.2, -0.15) is 0 Å². The SMILES string of the molecule is CC\C=C/C=C\C=C/C=C\CCCCCC(=O)OC(COC(=O)CCCCC/C=C\CCCCCCCCC)COC(=O)CCCCCCCCCCCCCCC. The second-order valence-electron chi connectivity index (χ2n) is 16.1. The minimum Gasteiger partial charge on any atom is -0.462 e. The summed E-state index contributed by atoms with van der Waals surface area (Å²) in [5.74, 6) is -0.948. The van der Waals surface area contributed by atoms with E-state index in [0.29, 0.717) is 19.3 Å². The normalized spacial score (nSPS) is 12.5. The van der Waals surface area contributed by atoms with Crippen molar-refractivity contribution in [3.05, 3.63) is 60.8 Å². The van der Waals surface area contributed by atoms with Gasteiger partial charge in [-0.1, -0.05) is 210 Å². The van der Waals surface area contributed by atoms with Gasteiger partial charge >= 0.3 is 17.9 Å². The minimum atomic E-state index is -0.797. The number of ether oxygens (including phenoxy) is 3. The molecule has 0 amide bonds. The fraction of sp³-hybridized carbons (Fsp3) is 0.750. The number of hydrogen-bond donors (Lipinski definition) is 0. The summed E-state index contributed by atoms with van der Waals surface area (Å²) in [5.41, 5.74) is 0. The highest BCUT2D eigenvalue weighted by molar-refractivity contribution is 5.71. The summed E-state index contributed by atoms with van der Waals surface area (Å²) < 4.78 is 16.7. The third-order valence-corrected chi connectivity index (χ3v) is 10.4. The second kappa shape index (κ2) is 46.8. The Morgan fingerprint density at radius 2 is 0.690 bits per heavy atom. The number of carbonyl (C=O) groups excluding carboxylic acids is 3. The number of carbonyl (C=O) groups is 3. The molecular weight excluding hydrogens is 721 g/mol. The maximum Gasteiger partial charge on any atom is 0.306 e. The van der Waals surface area contributed by atoms with Gasteiger partial charge in [0.1, 0.15) is 13.2 Å². The lowest BCUT2D eigenvalue weighted by atomic mass is 10.0. The maximum absolute atomic E-state index is 12.7. The van der Waals surface area contributed by atoms with Crippen molar-refractivity contribution in [2.45, 2.75) is 239 Å². The van der Waals surface area contributed by atoms with Crippen molar-refractivity contribution in [3.63, 3.8) is 0 Å². The summed E-state index contributed by atoms with van der Waals surface area (Å²) in [5, 5.41) is 0. The van der Waals surface area contributed by atoms with Crippen LogP contribution in [0.25, 0.3) is 0 Å². The number of esters is 3. The number of allylic oxidation sites excluding steroid dienone is 10. The molecule has 0 aliphatic rings. The van der Waals surface area contributed by atoms with Gasteiger partial charge in [0.2, 0.25) is 0 Å². The molecule has 6 nitrogen and oxygen atoms in total. The molecule has 0 saturated heterocycles. The van der Waals surface area contributed by atoms with Gasteiger partial charge in [0.25, 0.3) is 0 Å². The fourth-order valence-corrected chi connectivity index (χ4v) is 6.68. The Morgan fingerprint density at radius 3 is 1.12 bits per heavy atom. The second-order valence-corrected chi connectivity index (χ2v) is 16.1. The summed E-state index contributed by atoms with van der Waals surface area (Å²) in [6.07, 6.45) is 56.3. The van der Waals surface area contributed by atoms with E-state index in [1.54, 1.807) is 0 Å². The Bertz CT molecular complexity index is 1070. The molecule has 0 heterocycles. The third kappa shape index (κ3) is 44.2. The zero-order valence-corrected chi connectivity index (χ0v) is 38.0. The van der Waals surface area contributed by atoms with Crippen molar-refractivity contribution in [2.24, 2.45) is 0 Å². The van der Waals surface area contributed by atoms with Gasteiger partial charge in [-0.15, -0.1) is 0 Å². The first kappa shape index (κ1) is 55.1. The average Bonchev–Trinajstić information content (AvgIpc) is 3.22. The lowest BCUT2D eigenvalue weighted by Crippen LogP contribution is -2.30. The Balaban J connectivity index is 4.45. The topological polar surface area (TPSA) is 78.9 Å². The van der Waals surface area contributed by atoms with Gasteiger partial charge in [-0.3, -0.25) is 14.4 Å². The molecule has 6 heteroatoms. The highest BCUT2D eigenvalue weighted by atomic mass is 16.6. The van der Waals surface area contributed by atoms with Crippen LogP contribution in [0.3, 0.4) is 0 Å². The van der Waals surface area contributed by atoms with Crippen molar-refractivity contribution < 1.29 is 28.6 Å². The zero-order chi connectivity index (χ0) is 42.3. The van der Waals surface area contributed by atoms with Crippen LogP contribution in [-0.2, 0) is 28.6 Å². The molecule has 0 radical (unpaired) electrons. The Morgan fingerprint density at radius 1 is 0.362 bits per heavy atom. The summed E-state index contributed by atoms with van der Waals surface area (Å²) in [6, 6.07) is 0. The zero-order valence-electron chi connectivity index (χ0n) is 38.0. The van der Waals surface area contributed by atoms with Gasteiger partial charge in [0, 0.05) is 19.3 Å². The van der Waals surface area contributed by atoms with E-state index in [0.717, 1.165) is 77.0 Å². The van der Waals surface area contributed by atoms with Crippen LogP contribution in [0, 0.1) is 0 Å². The third-order valence-electron chi connectivity index (χ3n) is 10.4. The molecule has 0 bridgehead atoms. The predicted octanol–water partition coefficient (Wildman–Crippen LogP) is 15.7. The van der Waals surface area contributed by atoms with Crippen molar-refractivity contribution in [1.29, 1.82) is 0 Å². The van der Waals surface area contributed by atoms with Crippen LogP contribution in [0.5, 0.6) is 0 Å². The minimum absolute atomic E-state index is 0.0934. The van der Waals surface area contributed by atoms with E-state index in [4.69, 9.17) is 14.2 Å². The number of hydrogen-bond acceptors (Lipinski definition) is 6. The van der Waals surface area contributed by atoms with E-state index in [2.05, 4.69) is 45.1 Å². The quantitative estimate of drug-likeness (QED) is 0.0201. The lowest BCUT2D eigenvalue weighted by Gasteiger charge is -2.18. The molecule has 0 aromatic carbocycles. The molecule has 0 aliphatic heterocycles. The number of rotatable bonds is 43. The molecule has 0 rings (SSSR count). The molecule has 1 unspecified atom stereocenters.